The van der Waals surface area contributed by atoms with Gasteiger partial charge in [0.05, 0.1) is 6.42 Å². The van der Waals surface area contributed by atoms with Crippen molar-refractivity contribution in [1.82, 2.24) is 0 Å². The van der Waals surface area contributed by atoms with Crippen molar-refractivity contribution in [3.05, 3.63) is 71.4 Å². The molecule has 0 N–H and O–H groups in total. The molecule has 0 atom stereocenters. The van der Waals surface area contributed by atoms with Crippen molar-refractivity contribution >= 4 is 11.8 Å². The molecular formula is C24H34O3. The highest BCUT2D eigenvalue weighted by molar-refractivity contribution is 5.81. The van der Waals surface area contributed by atoms with Gasteiger partial charge in [0.25, 0.3) is 0 Å². The van der Waals surface area contributed by atoms with Gasteiger partial charge in [0, 0.05) is 6.42 Å². The van der Waals surface area contributed by atoms with E-state index >= 15 is 0 Å². The highest BCUT2D eigenvalue weighted by atomic mass is 16.5. The molecule has 3 nitrogen and oxygen atoms in total. The predicted molar refractivity (Wildman–Crippen MR) is 114 cm³/mol. The average Bonchev–Trinajstić information content (AvgIpc) is 2.57. The number of carbonyl (C=O) groups is 2. The Labute approximate surface area is 164 Å². The maximum atomic E-state index is 11.5. The van der Waals surface area contributed by atoms with Crippen molar-refractivity contribution in [3.63, 3.8) is 0 Å². The number of rotatable bonds is 12. The van der Waals surface area contributed by atoms with Gasteiger partial charge in [-0.15, -0.1) is 0 Å². The van der Waals surface area contributed by atoms with Crippen molar-refractivity contribution in [1.29, 1.82) is 0 Å². The maximum absolute atomic E-state index is 11.5. The van der Waals surface area contributed by atoms with Gasteiger partial charge in [-0.3, -0.25) is 4.79 Å². The Morgan fingerprint density at radius 1 is 0.852 bits per heavy atom. The van der Waals surface area contributed by atoms with E-state index in [1.54, 1.807) is 0 Å². The van der Waals surface area contributed by atoms with E-state index in [0.29, 0.717) is 6.61 Å². The minimum atomic E-state index is -0.319. The molecule has 0 rings (SSSR count). The van der Waals surface area contributed by atoms with Gasteiger partial charge in [0.15, 0.2) is 0 Å². The molecule has 27 heavy (non-hydrogen) atoms. The second-order valence-corrected chi connectivity index (χ2v) is 6.94. The van der Waals surface area contributed by atoms with Gasteiger partial charge >= 0.3 is 5.97 Å². The van der Waals surface area contributed by atoms with Crippen LogP contribution in [0.5, 0.6) is 0 Å². The molecule has 0 aliphatic rings. The van der Waals surface area contributed by atoms with Gasteiger partial charge in [0.2, 0.25) is 0 Å². The Morgan fingerprint density at radius 3 is 2.15 bits per heavy atom. The molecule has 0 unspecified atom stereocenters. The van der Waals surface area contributed by atoms with Crippen LogP contribution in [0.4, 0.5) is 0 Å². The van der Waals surface area contributed by atoms with Crippen LogP contribution in [0.1, 0.15) is 60.3 Å². The Bertz CT molecular complexity index is 655. The lowest BCUT2D eigenvalue weighted by atomic mass is 10.1. The zero-order chi connectivity index (χ0) is 20.7. The molecule has 148 valence electrons. The minimum Gasteiger partial charge on any atom is -0.461 e. The first-order chi connectivity index (χ1) is 12.7. The van der Waals surface area contributed by atoms with Crippen molar-refractivity contribution in [2.75, 3.05) is 6.61 Å². The summed E-state index contributed by atoms with van der Waals surface area (Å²) in [7, 11) is 0. The number of hydrogen-bond acceptors (Lipinski definition) is 3. The first-order valence-corrected chi connectivity index (χ1v) is 9.35. The molecule has 0 aromatic carbocycles. The quantitative estimate of drug-likeness (QED) is 0.233. The predicted octanol–water partition coefficient (Wildman–Crippen LogP) is 6.21. The van der Waals surface area contributed by atoms with Gasteiger partial charge in [-0.2, -0.15) is 0 Å². The monoisotopic (exact) mass is 370 g/mol. The fraction of sp³-hybridized carbons (Fsp3) is 0.417. The van der Waals surface area contributed by atoms with Gasteiger partial charge < -0.3 is 9.53 Å². The maximum Gasteiger partial charge on any atom is 0.306 e. The molecule has 0 saturated heterocycles. The van der Waals surface area contributed by atoms with Crippen molar-refractivity contribution in [2.24, 2.45) is 0 Å². The van der Waals surface area contributed by atoms with Crippen molar-refractivity contribution in [3.8, 4) is 0 Å². The minimum absolute atomic E-state index is 0.00420. The molecule has 0 radical (unpaired) electrons. The summed E-state index contributed by atoms with van der Waals surface area (Å²) in [6.45, 7) is 13.7. The molecule has 0 aromatic rings. The smallest absolute Gasteiger partial charge is 0.306 e. The van der Waals surface area contributed by atoms with Gasteiger partial charge in [-0.25, -0.2) is 0 Å². The van der Waals surface area contributed by atoms with E-state index in [9.17, 15) is 9.59 Å². The van der Waals surface area contributed by atoms with Crippen LogP contribution in [0.3, 0.4) is 0 Å². The van der Waals surface area contributed by atoms with E-state index in [4.69, 9.17) is 4.74 Å². The molecule has 0 aliphatic carbocycles. The third kappa shape index (κ3) is 16.8. The number of carbonyl (C=O) groups excluding carboxylic acids is 2. The van der Waals surface area contributed by atoms with Crippen molar-refractivity contribution < 1.29 is 14.3 Å². The topological polar surface area (TPSA) is 43.4 Å². The molecule has 3 heteroatoms. The first kappa shape index (κ1) is 24.6. The molecule has 0 fully saturated rings. The van der Waals surface area contributed by atoms with E-state index in [2.05, 4.69) is 50.8 Å². The fourth-order valence-electron chi connectivity index (χ4n) is 2.02. The van der Waals surface area contributed by atoms with Crippen LogP contribution in [0.2, 0.25) is 0 Å². The molecule has 0 aliphatic heterocycles. The molecule has 0 spiro atoms. The Balaban J connectivity index is 4.23. The summed E-state index contributed by atoms with van der Waals surface area (Å²) in [5.41, 5.74) is 4.53. The third-order valence-electron chi connectivity index (χ3n) is 3.65. The molecule has 0 bridgehead atoms. The van der Waals surface area contributed by atoms with Gasteiger partial charge in [0.1, 0.15) is 12.4 Å². The summed E-state index contributed by atoms with van der Waals surface area (Å²) in [6.07, 6.45) is 16.6. The first-order valence-electron chi connectivity index (χ1n) is 9.35. The Hall–Kier alpha value is -2.42. The number of allylic oxidation sites excluding steroid dienone is 10. The molecule has 0 aromatic heterocycles. The van der Waals surface area contributed by atoms with E-state index < -0.39 is 0 Å². The Kier molecular flexibility index (Phi) is 13.4. The lowest BCUT2D eigenvalue weighted by molar-refractivity contribution is -0.143. The molecule has 0 amide bonds. The van der Waals surface area contributed by atoms with Gasteiger partial charge in [-0.05, 0) is 53.0 Å². The van der Waals surface area contributed by atoms with Gasteiger partial charge in [-0.1, -0.05) is 65.8 Å². The number of esters is 1. The van der Waals surface area contributed by atoms with Crippen LogP contribution in [0.25, 0.3) is 0 Å². The van der Waals surface area contributed by atoms with Crippen LogP contribution < -0.4 is 0 Å². The summed E-state index contributed by atoms with van der Waals surface area (Å²) in [4.78, 5) is 22.3. The number of ketones is 1. The van der Waals surface area contributed by atoms with Crippen LogP contribution in [-0.2, 0) is 14.3 Å². The normalized spacial score (nSPS) is 13.4. The van der Waals surface area contributed by atoms with E-state index in [-0.39, 0.29) is 24.6 Å². The SMILES string of the molecule is C=C(C)/C=C/C=C(C)/C=C/C=C(\C)CC/C=C(\C)COC(=O)CCC(C)=O. The summed E-state index contributed by atoms with van der Waals surface area (Å²) in [6, 6.07) is 0. The largest absolute Gasteiger partial charge is 0.461 e. The summed E-state index contributed by atoms with van der Waals surface area (Å²) in [5.74, 6) is -0.315. The van der Waals surface area contributed by atoms with E-state index in [1.165, 1.54) is 18.1 Å². The standard InChI is InChI=1S/C24H34O3/c1-19(2)10-7-11-20(3)12-8-13-21(4)14-9-15-22(5)18-27-24(26)17-16-23(6)25/h7-8,10-13,15H,1,9,14,16-18H2,2-6H3/b10-7+,12-8+,20-11+,21-13+,22-15+. The Morgan fingerprint density at radius 2 is 1.52 bits per heavy atom. The van der Waals surface area contributed by atoms with Crippen LogP contribution in [0, 0.1) is 0 Å². The summed E-state index contributed by atoms with van der Waals surface area (Å²) >= 11 is 0. The lowest BCUT2D eigenvalue weighted by Crippen LogP contribution is -2.08. The second-order valence-electron chi connectivity index (χ2n) is 6.94. The van der Waals surface area contributed by atoms with Crippen LogP contribution in [-0.4, -0.2) is 18.4 Å². The number of ether oxygens (including phenoxy) is 1. The van der Waals surface area contributed by atoms with Crippen LogP contribution >= 0.6 is 0 Å². The van der Waals surface area contributed by atoms with Crippen molar-refractivity contribution in [2.45, 2.75) is 60.3 Å². The second kappa shape index (κ2) is 14.7. The lowest BCUT2D eigenvalue weighted by Gasteiger charge is -2.05. The zero-order valence-corrected chi connectivity index (χ0v) is 17.5. The summed E-state index contributed by atoms with van der Waals surface area (Å²) < 4.78 is 5.15. The molecular weight excluding hydrogens is 336 g/mol. The molecule has 0 heterocycles. The van der Waals surface area contributed by atoms with E-state index in [0.717, 1.165) is 24.0 Å². The highest BCUT2D eigenvalue weighted by Crippen LogP contribution is 2.08. The fourth-order valence-corrected chi connectivity index (χ4v) is 2.02. The highest BCUT2D eigenvalue weighted by Gasteiger charge is 2.04. The third-order valence-corrected chi connectivity index (χ3v) is 3.65. The summed E-state index contributed by atoms with van der Waals surface area (Å²) in [5, 5.41) is 0. The number of hydrogen-bond donors (Lipinski definition) is 0. The zero-order valence-electron chi connectivity index (χ0n) is 17.5. The van der Waals surface area contributed by atoms with Crippen LogP contribution in [0.15, 0.2) is 71.4 Å². The average molecular weight is 371 g/mol. The number of Topliss-reactive ketones (excluding diaryl/α,β-unsaturated/α-hetero) is 1. The van der Waals surface area contributed by atoms with E-state index in [1.807, 2.05) is 26.0 Å². The molecule has 0 saturated carbocycles.